The fourth-order valence-electron chi connectivity index (χ4n) is 0. The summed E-state index contributed by atoms with van der Waals surface area (Å²) in [5, 5.41) is 0. The molecule has 0 aliphatic carbocycles. The van der Waals surface area contributed by atoms with Gasteiger partial charge in [0.1, 0.15) is 0 Å². The van der Waals surface area contributed by atoms with Gasteiger partial charge in [-0.05, 0) is 6.92 Å². The van der Waals surface area contributed by atoms with Crippen LogP contribution in [0.2, 0.25) is 0 Å². The molecule has 0 aromatic heterocycles. The van der Waals surface area contributed by atoms with Crippen molar-refractivity contribution in [2.45, 2.75) is 12.8 Å². The van der Waals surface area contributed by atoms with Crippen molar-refractivity contribution in [3.63, 3.8) is 0 Å². The average Bonchev–Trinajstić information content (AvgIpc) is 1.36. The zero-order valence-electron chi connectivity index (χ0n) is 3.31. The maximum Gasteiger partial charge on any atom is 0.222 e. The summed E-state index contributed by atoms with van der Waals surface area (Å²) in [6.45, 7) is 1.06. The Morgan fingerprint density at radius 2 is 2.17 bits per heavy atom. The van der Waals surface area contributed by atoms with Crippen LogP contribution in [0.15, 0.2) is 0 Å². The first-order chi connectivity index (χ1) is 2.64. The standard InChI is InChI=1S/C2H6FO2P/c1-2(3)6(4)5/h2,6H,1H3,(H,4,5). The Morgan fingerprint density at radius 3 is 2.17 bits per heavy atom. The second-order valence-corrected chi connectivity index (χ2v) is 2.43. The van der Waals surface area contributed by atoms with Crippen LogP contribution in [0.5, 0.6) is 0 Å². The van der Waals surface area contributed by atoms with Crippen LogP contribution in [0.1, 0.15) is 6.92 Å². The first kappa shape index (κ1) is 6.12. The minimum Gasteiger partial charge on any atom is -0.344 e. The van der Waals surface area contributed by atoms with E-state index >= 15 is 0 Å². The Kier molecular flexibility index (Phi) is 2.37. The number of halogens is 1. The Labute approximate surface area is 35.9 Å². The number of hydrogen-bond donors (Lipinski definition) is 1. The van der Waals surface area contributed by atoms with E-state index in [0.29, 0.717) is 0 Å². The third kappa shape index (κ3) is 2.36. The van der Waals surface area contributed by atoms with Crippen molar-refractivity contribution >= 4 is 8.03 Å². The van der Waals surface area contributed by atoms with Crippen LogP contribution in [0.3, 0.4) is 0 Å². The summed E-state index contributed by atoms with van der Waals surface area (Å²) in [7, 11) is -2.87. The summed E-state index contributed by atoms with van der Waals surface area (Å²) >= 11 is 0. The third-order valence-corrected chi connectivity index (χ3v) is 1.02. The first-order valence-electron chi connectivity index (χ1n) is 1.51. The monoisotopic (exact) mass is 112 g/mol. The summed E-state index contributed by atoms with van der Waals surface area (Å²) in [6, 6.07) is 0. The minimum absolute atomic E-state index is 1.06. The third-order valence-electron chi connectivity index (χ3n) is 0.340. The largest absolute Gasteiger partial charge is 0.344 e. The summed E-state index contributed by atoms with van der Waals surface area (Å²) in [4.78, 5) is 7.80. The molecule has 6 heavy (non-hydrogen) atoms. The second kappa shape index (κ2) is 2.32. The predicted octanol–water partition coefficient (Wildman–Crippen LogP) is 0.769. The van der Waals surface area contributed by atoms with Gasteiger partial charge in [0.05, 0.1) is 0 Å². The maximum atomic E-state index is 11.3. The van der Waals surface area contributed by atoms with Crippen LogP contribution in [0, 0.1) is 0 Å². The van der Waals surface area contributed by atoms with Gasteiger partial charge in [0.25, 0.3) is 0 Å². The van der Waals surface area contributed by atoms with E-state index in [9.17, 15) is 8.96 Å². The molecule has 0 aliphatic heterocycles. The van der Waals surface area contributed by atoms with E-state index in [1.807, 2.05) is 0 Å². The molecule has 0 radical (unpaired) electrons. The van der Waals surface area contributed by atoms with Crippen molar-refractivity contribution in [3.8, 4) is 0 Å². The van der Waals surface area contributed by atoms with Crippen LogP contribution in [-0.4, -0.2) is 10.8 Å². The van der Waals surface area contributed by atoms with Crippen molar-refractivity contribution in [2.24, 2.45) is 0 Å². The Hall–Kier alpha value is 0.120. The lowest BCUT2D eigenvalue weighted by Crippen LogP contribution is -1.78. The van der Waals surface area contributed by atoms with Crippen LogP contribution in [0.4, 0.5) is 4.39 Å². The molecule has 0 aliphatic rings. The van der Waals surface area contributed by atoms with E-state index in [1.165, 1.54) is 0 Å². The second-order valence-electron chi connectivity index (χ2n) is 0.954. The van der Waals surface area contributed by atoms with Crippen molar-refractivity contribution < 1.29 is 13.8 Å². The highest BCUT2D eigenvalue weighted by atomic mass is 31.1. The summed E-state index contributed by atoms with van der Waals surface area (Å²) < 4.78 is 20.8. The number of alkyl halides is 1. The molecule has 2 atom stereocenters. The van der Waals surface area contributed by atoms with Crippen molar-refractivity contribution in [2.75, 3.05) is 0 Å². The zero-order valence-corrected chi connectivity index (χ0v) is 4.31. The Bertz CT molecular complexity index is 62.6. The molecule has 0 amide bonds. The Balaban J connectivity index is 3.26. The molecule has 0 spiro atoms. The fraction of sp³-hybridized carbons (Fsp3) is 1.00. The van der Waals surface area contributed by atoms with Crippen LogP contribution in [-0.2, 0) is 4.57 Å². The van der Waals surface area contributed by atoms with Gasteiger partial charge >= 0.3 is 0 Å². The van der Waals surface area contributed by atoms with Crippen LogP contribution < -0.4 is 0 Å². The molecule has 1 N–H and O–H groups in total. The molecule has 0 aromatic rings. The fourth-order valence-corrected chi connectivity index (χ4v) is 0. The van der Waals surface area contributed by atoms with E-state index < -0.39 is 13.9 Å². The molecule has 2 unspecified atom stereocenters. The normalized spacial score (nSPS) is 19.8. The van der Waals surface area contributed by atoms with Crippen molar-refractivity contribution in [1.29, 1.82) is 0 Å². The van der Waals surface area contributed by atoms with E-state index in [0.717, 1.165) is 6.92 Å². The lowest BCUT2D eigenvalue weighted by Gasteiger charge is -1.87. The van der Waals surface area contributed by atoms with Gasteiger partial charge < -0.3 is 4.89 Å². The van der Waals surface area contributed by atoms with Crippen LogP contribution >= 0.6 is 8.03 Å². The molecule has 38 valence electrons. The molecule has 0 bridgehead atoms. The molecule has 0 saturated heterocycles. The molecular formula is C2H6FO2P. The van der Waals surface area contributed by atoms with Crippen molar-refractivity contribution in [1.82, 2.24) is 0 Å². The average molecular weight is 112 g/mol. The molecular weight excluding hydrogens is 106 g/mol. The Morgan fingerprint density at radius 1 is 2.00 bits per heavy atom. The van der Waals surface area contributed by atoms with Gasteiger partial charge in [0, 0.05) is 0 Å². The highest BCUT2D eigenvalue weighted by molar-refractivity contribution is 7.38. The highest BCUT2D eigenvalue weighted by Gasteiger charge is 2.00. The molecule has 0 aromatic carbocycles. The molecule has 4 heteroatoms. The number of hydrogen-bond acceptors (Lipinski definition) is 1. The van der Waals surface area contributed by atoms with E-state index in [2.05, 4.69) is 0 Å². The lowest BCUT2D eigenvalue weighted by molar-refractivity contribution is 0.406. The van der Waals surface area contributed by atoms with E-state index in [1.54, 1.807) is 0 Å². The van der Waals surface area contributed by atoms with E-state index in [-0.39, 0.29) is 0 Å². The van der Waals surface area contributed by atoms with E-state index in [4.69, 9.17) is 4.89 Å². The van der Waals surface area contributed by atoms with Gasteiger partial charge in [-0.3, -0.25) is 4.57 Å². The molecule has 0 heterocycles. The maximum absolute atomic E-state index is 11.3. The molecule has 0 rings (SSSR count). The van der Waals surface area contributed by atoms with Gasteiger partial charge in [-0.15, -0.1) is 0 Å². The van der Waals surface area contributed by atoms with Crippen LogP contribution in [0.25, 0.3) is 0 Å². The quantitative estimate of drug-likeness (QED) is 0.508. The van der Waals surface area contributed by atoms with Gasteiger partial charge in [-0.2, -0.15) is 0 Å². The molecule has 0 fully saturated rings. The smallest absolute Gasteiger partial charge is 0.222 e. The minimum atomic E-state index is -2.87. The zero-order chi connectivity index (χ0) is 5.15. The SMILES string of the molecule is CC(F)[PH](=O)O. The van der Waals surface area contributed by atoms with Gasteiger partial charge in [0.2, 0.25) is 8.03 Å². The topological polar surface area (TPSA) is 37.3 Å². The van der Waals surface area contributed by atoms with Gasteiger partial charge in [-0.25, -0.2) is 4.39 Å². The molecule has 0 saturated carbocycles. The first-order valence-corrected chi connectivity index (χ1v) is 2.94. The number of rotatable bonds is 1. The highest BCUT2D eigenvalue weighted by Crippen LogP contribution is 2.21. The predicted molar refractivity (Wildman–Crippen MR) is 21.8 cm³/mol. The van der Waals surface area contributed by atoms with Crippen molar-refractivity contribution in [3.05, 3.63) is 0 Å². The molecule has 2 nitrogen and oxygen atoms in total. The lowest BCUT2D eigenvalue weighted by atomic mass is 10.9. The summed E-state index contributed by atoms with van der Waals surface area (Å²) in [6.07, 6.45) is 0. The van der Waals surface area contributed by atoms with Gasteiger partial charge in [0.15, 0.2) is 5.91 Å². The summed E-state index contributed by atoms with van der Waals surface area (Å²) in [5.41, 5.74) is 0. The van der Waals surface area contributed by atoms with Gasteiger partial charge in [-0.1, -0.05) is 0 Å². The summed E-state index contributed by atoms with van der Waals surface area (Å²) in [5.74, 6) is -1.55.